The maximum absolute atomic E-state index is 12.9. The number of rotatable bonds is 6. The van der Waals surface area contributed by atoms with Crippen LogP contribution in [0.15, 0.2) is 18.2 Å². The molecule has 1 aromatic carbocycles. The Balaban J connectivity index is 2.82. The zero-order chi connectivity index (χ0) is 15.2. The smallest absolute Gasteiger partial charge is 0.420 e. The third-order valence-electron chi connectivity index (χ3n) is 2.68. The summed E-state index contributed by atoms with van der Waals surface area (Å²) < 4.78 is 43.9. The highest BCUT2D eigenvalue weighted by Gasteiger charge is 2.34. The molecule has 0 aromatic heterocycles. The molecule has 0 spiro atoms. The summed E-state index contributed by atoms with van der Waals surface area (Å²) in [6.45, 7) is 5.50. The van der Waals surface area contributed by atoms with E-state index in [-0.39, 0.29) is 23.8 Å². The fourth-order valence-electron chi connectivity index (χ4n) is 1.63. The number of hydrogen-bond acceptors (Lipinski definition) is 3. The third-order valence-corrected chi connectivity index (χ3v) is 2.68. The van der Waals surface area contributed by atoms with Crippen molar-refractivity contribution in [1.29, 1.82) is 5.26 Å². The Hall–Kier alpha value is -1.74. The van der Waals surface area contributed by atoms with Crippen molar-refractivity contribution in [3.63, 3.8) is 0 Å². The van der Waals surface area contributed by atoms with Gasteiger partial charge in [-0.25, -0.2) is 0 Å². The Morgan fingerprint density at radius 3 is 2.65 bits per heavy atom. The molecule has 0 heterocycles. The molecular weight excluding hydrogens is 269 g/mol. The molecule has 1 aromatic rings. The van der Waals surface area contributed by atoms with E-state index in [4.69, 9.17) is 10.00 Å². The second-order valence-electron chi connectivity index (χ2n) is 4.54. The molecule has 6 heteroatoms. The number of halogens is 3. The lowest BCUT2D eigenvalue weighted by molar-refractivity contribution is -0.139. The quantitative estimate of drug-likeness (QED) is 0.873. The molecule has 0 radical (unpaired) electrons. The minimum Gasteiger partial charge on any atom is -0.493 e. The van der Waals surface area contributed by atoms with Gasteiger partial charge in [0.2, 0.25) is 0 Å². The van der Waals surface area contributed by atoms with Crippen LogP contribution in [0.2, 0.25) is 0 Å². The number of hydrogen-bond donors (Lipinski definition) is 1. The van der Waals surface area contributed by atoms with Gasteiger partial charge in [0.1, 0.15) is 5.75 Å². The molecule has 0 bridgehead atoms. The Labute approximate surface area is 116 Å². The van der Waals surface area contributed by atoms with Crippen molar-refractivity contribution in [2.45, 2.75) is 20.0 Å². The first-order valence-corrected chi connectivity index (χ1v) is 6.33. The van der Waals surface area contributed by atoms with Gasteiger partial charge in [0.15, 0.2) is 0 Å². The lowest BCUT2D eigenvalue weighted by atomic mass is 10.1. The van der Waals surface area contributed by atoms with E-state index in [1.54, 1.807) is 6.07 Å². The van der Waals surface area contributed by atoms with E-state index < -0.39 is 11.7 Å². The zero-order valence-corrected chi connectivity index (χ0v) is 11.4. The standard InChI is InChI=1S/C14H17F3N2O/c1-3-19-8-10(2)9-20-13-5-4-11(7-18)6-12(13)14(15,16)17/h4-6,10,19H,3,8-9H2,1-2H3. The van der Waals surface area contributed by atoms with Gasteiger partial charge >= 0.3 is 6.18 Å². The normalized spacial score (nSPS) is 12.8. The van der Waals surface area contributed by atoms with Crippen LogP contribution in [0, 0.1) is 17.2 Å². The maximum Gasteiger partial charge on any atom is 0.420 e. The lowest BCUT2D eigenvalue weighted by Crippen LogP contribution is -2.25. The first kappa shape index (κ1) is 16.3. The summed E-state index contributed by atoms with van der Waals surface area (Å²) in [5.41, 5.74) is -0.947. The first-order valence-electron chi connectivity index (χ1n) is 6.33. The molecule has 0 aliphatic carbocycles. The second-order valence-corrected chi connectivity index (χ2v) is 4.54. The Kier molecular flexibility index (Phi) is 5.83. The van der Waals surface area contributed by atoms with Crippen LogP contribution >= 0.6 is 0 Å². The maximum atomic E-state index is 12.9. The number of ether oxygens (including phenoxy) is 1. The van der Waals surface area contributed by atoms with Gasteiger partial charge in [0, 0.05) is 12.5 Å². The summed E-state index contributed by atoms with van der Waals surface area (Å²) >= 11 is 0. The fourth-order valence-corrected chi connectivity index (χ4v) is 1.63. The van der Waals surface area contributed by atoms with E-state index >= 15 is 0 Å². The molecule has 1 N–H and O–H groups in total. The van der Waals surface area contributed by atoms with Crippen LogP contribution < -0.4 is 10.1 Å². The van der Waals surface area contributed by atoms with Gasteiger partial charge in [-0.15, -0.1) is 0 Å². The van der Waals surface area contributed by atoms with Gasteiger partial charge in [-0.05, 0) is 24.7 Å². The van der Waals surface area contributed by atoms with E-state index in [9.17, 15) is 13.2 Å². The molecule has 0 amide bonds. The van der Waals surface area contributed by atoms with Gasteiger partial charge in [0.05, 0.1) is 23.8 Å². The van der Waals surface area contributed by atoms with Crippen LogP contribution in [-0.2, 0) is 6.18 Å². The lowest BCUT2D eigenvalue weighted by Gasteiger charge is -2.17. The van der Waals surface area contributed by atoms with Crippen molar-refractivity contribution >= 4 is 0 Å². The SMILES string of the molecule is CCNCC(C)COc1ccc(C#N)cc1C(F)(F)F. The molecule has 110 valence electrons. The van der Waals surface area contributed by atoms with E-state index in [0.717, 1.165) is 12.6 Å². The van der Waals surface area contributed by atoms with Crippen LogP contribution in [0.3, 0.4) is 0 Å². The summed E-state index contributed by atoms with van der Waals surface area (Å²) in [6, 6.07) is 5.02. The Morgan fingerprint density at radius 2 is 2.10 bits per heavy atom. The summed E-state index contributed by atoms with van der Waals surface area (Å²) in [7, 11) is 0. The molecule has 0 fully saturated rings. The molecule has 20 heavy (non-hydrogen) atoms. The Bertz CT molecular complexity index is 480. The van der Waals surface area contributed by atoms with Gasteiger partial charge in [0.25, 0.3) is 0 Å². The van der Waals surface area contributed by atoms with Gasteiger partial charge in [-0.2, -0.15) is 18.4 Å². The minimum absolute atomic E-state index is 0.0367. The van der Waals surface area contributed by atoms with Crippen molar-refractivity contribution in [3.05, 3.63) is 29.3 Å². The highest BCUT2D eigenvalue weighted by molar-refractivity contribution is 5.43. The molecular formula is C14H17F3N2O. The number of nitriles is 1. The monoisotopic (exact) mass is 286 g/mol. The zero-order valence-electron chi connectivity index (χ0n) is 11.4. The molecule has 1 atom stereocenters. The van der Waals surface area contributed by atoms with Crippen LogP contribution in [0.4, 0.5) is 13.2 Å². The van der Waals surface area contributed by atoms with Gasteiger partial charge in [-0.3, -0.25) is 0 Å². The number of alkyl halides is 3. The van der Waals surface area contributed by atoms with Crippen molar-refractivity contribution < 1.29 is 17.9 Å². The molecule has 0 aliphatic rings. The molecule has 1 unspecified atom stereocenters. The second kappa shape index (κ2) is 7.15. The first-order chi connectivity index (χ1) is 9.38. The van der Waals surface area contributed by atoms with Gasteiger partial charge in [-0.1, -0.05) is 13.8 Å². The summed E-state index contributed by atoms with van der Waals surface area (Å²) in [6.07, 6.45) is -4.53. The number of nitrogens with zero attached hydrogens (tertiary/aromatic N) is 1. The van der Waals surface area contributed by atoms with Crippen molar-refractivity contribution in [2.75, 3.05) is 19.7 Å². The summed E-state index contributed by atoms with van der Waals surface area (Å²) in [5, 5.41) is 11.8. The molecule has 0 saturated carbocycles. The van der Waals surface area contributed by atoms with Crippen molar-refractivity contribution in [1.82, 2.24) is 5.32 Å². The fraction of sp³-hybridized carbons (Fsp3) is 0.500. The molecule has 0 aliphatic heterocycles. The Morgan fingerprint density at radius 1 is 1.40 bits per heavy atom. The van der Waals surface area contributed by atoms with Gasteiger partial charge < -0.3 is 10.1 Å². The average Bonchev–Trinajstić information content (AvgIpc) is 2.41. The van der Waals surface area contributed by atoms with E-state index in [1.807, 2.05) is 13.8 Å². The predicted octanol–water partition coefficient (Wildman–Crippen LogP) is 3.20. The van der Waals surface area contributed by atoms with E-state index in [0.29, 0.717) is 6.54 Å². The van der Waals surface area contributed by atoms with E-state index in [2.05, 4.69) is 5.32 Å². The topological polar surface area (TPSA) is 45.0 Å². The highest BCUT2D eigenvalue weighted by Crippen LogP contribution is 2.36. The molecule has 1 rings (SSSR count). The number of nitrogens with one attached hydrogen (secondary N) is 1. The van der Waals surface area contributed by atoms with Crippen molar-refractivity contribution in [2.24, 2.45) is 5.92 Å². The van der Waals surface area contributed by atoms with Crippen LogP contribution in [0.5, 0.6) is 5.75 Å². The van der Waals surface area contributed by atoms with Crippen LogP contribution in [0.25, 0.3) is 0 Å². The van der Waals surface area contributed by atoms with E-state index in [1.165, 1.54) is 12.1 Å². The van der Waals surface area contributed by atoms with Crippen molar-refractivity contribution in [3.8, 4) is 11.8 Å². The third kappa shape index (κ3) is 4.74. The summed E-state index contributed by atoms with van der Waals surface area (Å²) in [4.78, 5) is 0. The summed E-state index contributed by atoms with van der Waals surface area (Å²) in [5.74, 6) is -0.147. The molecule has 3 nitrogen and oxygen atoms in total. The van der Waals surface area contributed by atoms with Crippen LogP contribution in [-0.4, -0.2) is 19.7 Å². The highest BCUT2D eigenvalue weighted by atomic mass is 19.4. The largest absolute Gasteiger partial charge is 0.493 e. The minimum atomic E-state index is -4.53. The molecule has 0 saturated heterocycles. The predicted molar refractivity (Wildman–Crippen MR) is 69.4 cm³/mol. The van der Waals surface area contributed by atoms with Crippen LogP contribution in [0.1, 0.15) is 25.0 Å². The number of benzene rings is 1. The average molecular weight is 286 g/mol.